The molecule has 0 spiro atoms. The summed E-state index contributed by atoms with van der Waals surface area (Å²) in [6.07, 6.45) is 5.92. The lowest BCUT2D eigenvalue weighted by Gasteiger charge is -1.98. The van der Waals surface area contributed by atoms with Crippen LogP contribution in [0.3, 0.4) is 0 Å². The van der Waals surface area contributed by atoms with Gasteiger partial charge in [0.2, 0.25) is 0 Å². The van der Waals surface area contributed by atoms with E-state index in [-0.39, 0.29) is 5.92 Å². The Morgan fingerprint density at radius 1 is 1.24 bits per heavy atom. The highest BCUT2D eigenvalue weighted by molar-refractivity contribution is 5.89. The third kappa shape index (κ3) is 20.3. The Balaban J connectivity index is 0. The van der Waals surface area contributed by atoms with Crippen LogP contribution in [-0.2, 0) is 9.59 Å². The summed E-state index contributed by atoms with van der Waals surface area (Å²) < 4.78 is 0. The lowest BCUT2D eigenvalue weighted by molar-refractivity contribution is -0.134. The molecule has 17 heavy (non-hydrogen) atoms. The highest BCUT2D eigenvalue weighted by Crippen LogP contribution is 2.06. The van der Waals surface area contributed by atoms with Gasteiger partial charge < -0.3 is 10.2 Å². The summed E-state index contributed by atoms with van der Waals surface area (Å²) in [4.78, 5) is 19.1. The van der Waals surface area contributed by atoms with E-state index in [4.69, 9.17) is 15.5 Å². The van der Waals surface area contributed by atoms with E-state index >= 15 is 0 Å². The summed E-state index contributed by atoms with van der Waals surface area (Å²) in [5.41, 5.74) is 0. The molecule has 0 bridgehead atoms. The fourth-order valence-corrected chi connectivity index (χ4v) is 0.908. The Bertz CT molecular complexity index is 275. The minimum atomic E-state index is -1.26. The molecule has 0 aliphatic rings. The lowest BCUT2D eigenvalue weighted by Crippen LogP contribution is -1.91. The van der Waals surface area contributed by atoms with Gasteiger partial charge in [0, 0.05) is 18.1 Å². The number of hydrogen-bond donors (Lipinski definition) is 2. The first kappa shape index (κ1) is 17.6. The molecule has 0 heterocycles. The fraction of sp³-hybridized carbons (Fsp3) is 0.583. The second-order valence-corrected chi connectivity index (χ2v) is 3.54. The molecular formula is C12H19NO4. The maximum atomic E-state index is 9.55. The minimum absolute atomic E-state index is 0.261. The van der Waals surface area contributed by atoms with Crippen LogP contribution in [0, 0.1) is 17.2 Å². The summed E-state index contributed by atoms with van der Waals surface area (Å²) in [5, 5.41) is 24.0. The largest absolute Gasteiger partial charge is 0.478 e. The molecule has 2 N–H and O–H groups in total. The second-order valence-electron chi connectivity index (χ2n) is 3.54. The van der Waals surface area contributed by atoms with Gasteiger partial charge in [-0.3, -0.25) is 0 Å². The quantitative estimate of drug-likeness (QED) is 0.549. The van der Waals surface area contributed by atoms with Crippen molar-refractivity contribution in [3.05, 3.63) is 12.2 Å². The Morgan fingerprint density at radius 2 is 1.71 bits per heavy atom. The molecule has 0 radical (unpaired) electrons. The number of nitriles is 1. The number of unbranched alkanes of at least 4 members (excludes halogenated alkanes) is 2. The molecule has 0 aliphatic heterocycles. The average molecular weight is 241 g/mol. The molecule has 0 aromatic rings. The molecule has 0 saturated heterocycles. The van der Waals surface area contributed by atoms with Crippen LogP contribution in [0.2, 0.25) is 0 Å². The van der Waals surface area contributed by atoms with Crippen molar-refractivity contribution in [2.75, 3.05) is 0 Å². The molecule has 1 atom stereocenters. The maximum absolute atomic E-state index is 9.55. The van der Waals surface area contributed by atoms with Crippen molar-refractivity contribution < 1.29 is 19.8 Å². The molecule has 5 nitrogen and oxygen atoms in total. The Labute approximate surface area is 101 Å². The molecule has 96 valence electrons. The highest BCUT2D eigenvalue weighted by Gasteiger charge is 1.96. The van der Waals surface area contributed by atoms with Crippen LogP contribution in [0.5, 0.6) is 0 Å². The van der Waals surface area contributed by atoms with Crippen molar-refractivity contribution in [3.63, 3.8) is 0 Å². The van der Waals surface area contributed by atoms with E-state index in [0.29, 0.717) is 12.2 Å². The fourth-order valence-electron chi connectivity index (χ4n) is 0.908. The predicted octanol–water partition coefficient (Wildman–Crippen LogP) is 2.44. The van der Waals surface area contributed by atoms with E-state index in [9.17, 15) is 9.59 Å². The first-order valence-corrected chi connectivity index (χ1v) is 5.47. The molecule has 0 saturated carbocycles. The smallest absolute Gasteiger partial charge is 0.328 e. The van der Waals surface area contributed by atoms with Gasteiger partial charge in [0.25, 0.3) is 0 Å². The van der Waals surface area contributed by atoms with Gasteiger partial charge in [-0.15, -0.1) is 0 Å². The maximum Gasteiger partial charge on any atom is 0.328 e. The highest BCUT2D eigenvalue weighted by atomic mass is 16.4. The van der Waals surface area contributed by atoms with Crippen molar-refractivity contribution in [2.45, 2.75) is 39.5 Å². The van der Waals surface area contributed by atoms with E-state index in [1.54, 1.807) is 0 Å². The third-order valence-electron chi connectivity index (χ3n) is 1.83. The van der Waals surface area contributed by atoms with Crippen LogP contribution in [0.1, 0.15) is 39.5 Å². The SMILES string of the molecule is CCCCCC(C)C#N.O=C(O)/C=C\C(=O)O. The molecule has 1 unspecified atom stereocenters. The summed E-state index contributed by atoms with van der Waals surface area (Å²) >= 11 is 0. The van der Waals surface area contributed by atoms with E-state index in [2.05, 4.69) is 13.0 Å². The zero-order chi connectivity index (χ0) is 13.7. The number of carboxylic acid groups (broad SMARTS) is 2. The van der Waals surface area contributed by atoms with Crippen LogP contribution >= 0.6 is 0 Å². The Kier molecular flexibility index (Phi) is 12.6. The second kappa shape index (κ2) is 12.2. The van der Waals surface area contributed by atoms with Gasteiger partial charge in [-0.1, -0.05) is 26.2 Å². The van der Waals surface area contributed by atoms with E-state index in [0.717, 1.165) is 6.42 Å². The van der Waals surface area contributed by atoms with Crippen LogP contribution in [0.4, 0.5) is 0 Å². The van der Waals surface area contributed by atoms with Crippen LogP contribution in [0.15, 0.2) is 12.2 Å². The molecule has 0 aromatic carbocycles. The van der Waals surface area contributed by atoms with Gasteiger partial charge in [-0.2, -0.15) is 5.26 Å². The number of rotatable bonds is 6. The van der Waals surface area contributed by atoms with Gasteiger partial charge in [0.05, 0.1) is 6.07 Å². The average Bonchev–Trinajstić information content (AvgIpc) is 2.27. The first-order chi connectivity index (χ1) is 7.93. The topological polar surface area (TPSA) is 98.4 Å². The number of carboxylic acids is 2. The number of aliphatic carboxylic acids is 2. The summed E-state index contributed by atoms with van der Waals surface area (Å²) in [6.45, 7) is 4.16. The lowest BCUT2D eigenvalue weighted by atomic mass is 10.1. The summed E-state index contributed by atoms with van der Waals surface area (Å²) in [6, 6.07) is 2.22. The van der Waals surface area contributed by atoms with Gasteiger partial charge >= 0.3 is 11.9 Å². The van der Waals surface area contributed by atoms with Gasteiger partial charge in [-0.25, -0.2) is 9.59 Å². The molecular weight excluding hydrogens is 222 g/mol. The van der Waals surface area contributed by atoms with Crippen molar-refractivity contribution in [3.8, 4) is 6.07 Å². The van der Waals surface area contributed by atoms with Gasteiger partial charge in [-0.05, 0) is 13.3 Å². The third-order valence-corrected chi connectivity index (χ3v) is 1.83. The van der Waals surface area contributed by atoms with Crippen LogP contribution in [0.25, 0.3) is 0 Å². The summed E-state index contributed by atoms with van der Waals surface area (Å²) in [7, 11) is 0. The van der Waals surface area contributed by atoms with E-state index in [1.807, 2.05) is 6.92 Å². The zero-order valence-electron chi connectivity index (χ0n) is 10.2. The molecule has 0 amide bonds. The van der Waals surface area contributed by atoms with Crippen molar-refractivity contribution >= 4 is 11.9 Å². The minimum Gasteiger partial charge on any atom is -0.478 e. The van der Waals surface area contributed by atoms with E-state index < -0.39 is 11.9 Å². The van der Waals surface area contributed by atoms with Crippen molar-refractivity contribution in [2.24, 2.45) is 5.92 Å². The molecule has 0 aromatic heterocycles. The standard InChI is InChI=1S/C8H15N.C4H4O4/c1-3-4-5-6-8(2)7-9;5-3(6)1-2-4(7)8/h8H,3-6H2,1-2H3;1-2H,(H,5,6)(H,7,8)/b;2-1-. The normalized spacial score (nSPS) is 11.1. The Hall–Kier alpha value is -1.83. The van der Waals surface area contributed by atoms with E-state index in [1.165, 1.54) is 19.3 Å². The number of nitrogens with zero attached hydrogens (tertiary/aromatic N) is 1. The number of hydrogen-bond acceptors (Lipinski definition) is 3. The van der Waals surface area contributed by atoms with Crippen LogP contribution < -0.4 is 0 Å². The molecule has 0 rings (SSSR count). The Morgan fingerprint density at radius 3 is 2.00 bits per heavy atom. The number of carbonyl (C=O) groups is 2. The van der Waals surface area contributed by atoms with Crippen molar-refractivity contribution in [1.82, 2.24) is 0 Å². The van der Waals surface area contributed by atoms with Crippen LogP contribution in [-0.4, -0.2) is 22.2 Å². The molecule has 0 aliphatic carbocycles. The molecule has 0 fully saturated rings. The summed E-state index contributed by atoms with van der Waals surface area (Å²) in [5.74, 6) is -2.25. The molecule has 5 heteroatoms. The van der Waals surface area contributed by atoms with Gasteiger partial charge in [0.15, 0.2) is 0 Å². The van der Waals surface area contributed by atoms with Gasteiger partial charge in [0.1, 0.15) is 0 Å². The zero-order valence-corrected chi connectivity index (χ0v) is 10.2. The monoisotopic (exact) mass is 241 g/mol. The van der Waals surface area contributed by atoms with Crippen molar-refractivity contribution in [1.29, 1.82) is 5.26 Å². The predicted molar refractivity (Wildman–Crippen MR) is 63.3 cm³/mol. The first-order valence-electron chi connectivity index (χ1n) is 5.47.